The average molecular weight is 568 g/mol. The number of guanidine groups is 1. The predicted molar refractivity (Wildman–Crippen MR) is 137 cm³/mol. The number of nitrogens with one attached hydrogen (secondary N) is 1. The summed E-state index contributed by atoms with van der Waals surface area (Å²) in [4.78, 5) is 21.7. The molecule has 2 fully saturated rings. The molecule has 2 aromatic rings. The molecular formula is C24H33IN4O4. The Morgan fingerprint density at radius 2 is 1.91 bits per heavy atom. The van der Waals surface area contributed by atoms with Crippen LogP contribution in [0.5, 0.6) is 5.75 Å². The molecule has 1 aromatic carbocycles. The van der Waals surface area contributed by atoms with E-state index in [4.69, 9.17) is 18.9 Å². The van der Waals surface area contributed by atoms with E-state index in [2.05, 4.69) is 10.2 Å². The van der Waals surface area contributed by atoms with Gasteiger partial charge in [0.05, 0.1) is 19.9 Å². The first kappa shape index (κ1) is 25.4. The third-order valence-electron chi connectivity index (χ3n) is 5.90. The second-order valence-electron chi connectivity index (χ2n) is 8.06. The van der Waals surface area contributed by atoms with Crippen molar-refractivity contribution in [3.05, 3.63) is 54.0 Å². The van der Waals surface area contributed by atoms with Crippen molar-refractivity contribution in [3.8, 4) is 5.75 Å². The van der Waals surface area contributed by atoms with Gasteiger partial charge in [0.25, 0.3) is 5.91 Å². The number of piperazine rings is 1. The average Bonchev–Trinajstić information content (AvgIpc) is 3.56. The molecule has 4 rings (SSSR count). The molecule has 0 spiro atoms. The number of hydrogen-bond donors (Lipinski definition) is 1. The van der Waals surface area contributed by atoms with Gasteiger partial charge in [-0.1, -0.05) is 12.1 Å². The molecule has 1 amide bonds. The Hall–Kier alpha value is -2.27. The van der Waals surface area contributed by atoms with Gasteiger partial charge in [0.1, 0.15) is 17.6 Å². The molecule has 180 valence electrons. The van der Waals surface area contributed by atoms with Crippen LogP contribution in [0.4, 0.5) is 0 Å². The van der Waals surface area contributed by atoms with E-state index in [0.717, 1.165) is 61.9 Å². The van der Waals surface area contributed by atoms with Gasteiger partial charge in [-0.05, 0) is 42.7 Å². The van der Waals surface area contributed by atoms with Crippen LogP contribution in [0.15, 0.2) is 52.1 Å². The van der Waals surface area contributed by atoms with Gasteiger partial charge in [-0.2, -0.15) is 0 Å². The maximum absolute atomic E-state index is 12.7. The van der Waals surface area contributed by atoms with Crippen molar-refractivity contribution in [1.29, 1.82) is 0 Å². The summed E-state index contributed by atoms with van der Waals surface area (Å²) in [6, 6.07) is 11.8. The summed E-state index contributed by atoms with van der Waals surface area (Å²) < 4.78 is 16.3. The number of methoxy groups -OCH3 is 1. The topological polar surface area (TPSA) is 79.5 Å². The van der Waals surface area contributed by atoms with Crippen LogP contribution in [0, 0.1) is 0 Å². The molecule has 0 saturated carbocycles. The van der Waals surface area contributed by atoms with Crippen molar-refractivity contribution >= 4 is 35.8 Å². The van der Waals surface area contributed by atoms with Gasteiger partial charge >= 0.3 is 0 Å². The van der Waals surface area contributed by atoms with E-state index in [-0.39, 0.29) is 36.0 Å². The third-order valence-corrected chi connectivity index (χ3v) is 5.90. The molecule has 2 saturated heterocycles. The fourth-order valence-corrected chi connectivity index (χ4v) is 4.03. The first-order chi connectivity index (χ1) is 15.7. The van der Waals surface area contributed by atoms with Crippen molar-refractivity contribution in [3.63, 3.8) is 0 Å². The fraction of sp³-hybridized carbons (Fsp3) is 0.500. The molecular weight excluding hydrogens is 535 g/mol. The van der Waals surface area contributed by atoms with Crippen LogP contribution in [0.2, 0.25) is 0 Å². The zero-order valence-corrected chi connectivity index (χ0v) is 21.4. The summed E-state index contributed by atoms with van der Waals surface area (Å²) in [5.41, 5.74) is 1.11. The molecule has 1 N–H and O–H groups in total. The van der Waals surface area contributed by atoms with Crippen LogP contribution in [-0.2, 0) is 22.5 Å². The molecule has 1 atom stereocenters. The highest BCUT2D eigenvalue weighted by molar-refractivity contribution is 14.0. The molecule has 0 radical (unpaired) electrons. The monoisotopic (exact) mass is 568 g/mol. The zero-order valence-electron chi connectivity index (χ0n) is 19.1. The molecule has 1 unspecified atom stereocenters. The zero-order chi connectivity index (χ0) is 22.2. The molecule has 8 nitrogen and oxygen atoms in total. The number of benzene rings is 1. The summed E-state index contributed by atoms with van der Waals surface area (Å²) in [5.74, 6) is 2.77. The maximum atomic E-state index is 12.7. The number of nitrogens with zero attached hydrogens (tertiary/aromatic N) is 3. The van der Waals surface area contributed by atoms with E-state index in [0.29, 0.717) is 26.2 Å². The minimum absolute atomic E-state index is 0. The van der Waals surface area contributed by atoms with Gasteiger partial charge in [0.2, 0.25) is 0 Å². The minimum atomic E-state index is -0.254. The summed E-state index contributed by atoms with van der Waals surface area (Å²) >= 11 is 0. The van der Waals surface area contributed by atoms with Crippen LogP contribution < -0.4 is 10.1 Å². The number of aliphatic imine (C=N–C) groups is 1. The molecule has 9 heteroatoms. The number of ether oxygens (including phenoxy) is 2. The highest BCUT2D eigenvalue weighted by Gasteiger charge is 2.30. The maximum Gasteiger partial charge on any atom is 0.251 e. The molecule has 0 aliphatic carbocycles. The Balaban J connectivity index is 0.00000306. The number of hydrogen-bond acceptors (Lipinski definition) is 5. The van der Waals surface area contributed by atoms with E-state index in [1.54, 1.807) is 13.4 Å². The Morgan fingerprint density at radius 1 is 1.15 bits per heavy atom. The van der Waals surface area contributed by atoms with E-state index in [9.17, 15) is 4.79 Å². The fourth-order valence-electron chi connectivity index (χ4n) is 4.03. The highest BCUT2D eigenvalue weighted by atomic mass is 127. The summed E-state index contributed by atoms with van der Waals surface area (Å²) in [7, 11) is 1.66. The molecule has 2 aliphatic rings. The Labute approximate surface area is 212 Å². The van der Waals surface area contributed by atoms with Crippen LogP contribution in [-0.4, -0.2) is 74.2 Å². The van der Waals surface area contributed by atoms with Gasteiger partial charge in [0.15, 0.2) is 5.96 Å². The van der Waals surface area contributed by atoms with E-state index in [1.807, 2.05) is 41.3 Å². The quantitative estimate of drug-likeness (QED) is 0.315. The molecule has 3 heterocycles. The molecule has 1 aromatic heterocycles. The van der Waals surface area contributed by atoms with Crippen molar-refractivity contribution in [2.45, 2.75) is 31.9 Å². The largest absolute Gasteiger partial charge is 0.497 e. The number of amides is 1. The number of halogens is 1. The van der Waals surface area contributed by atoms with Crippen molar-refractivity contribution in [2.24, 2.45) is 4.99 Å². The van der Waals surface area contributed by atoms with E-state index < -0.39 is 0 Å². The normalized spacial score (nSPS) is 18.7. The number of rotatable bonds is 7. The third kappa shape index (κ3) is 7.10. The number of furan rings is 1. The second kappa shape index (κ2) is 12.8. The first-order valence-electron chi connectivity index (χ1n) is 11.3. The lowest BCUT2D eigenvalue weighted by atomic mass is 10.2. The molecule has 33 heavy (non-hydrogen) atoms. The highest BCUT2D eigenvalue weighted by Crippen LogP contribution is 2.16. The van der Waals surface area contributed by atoms with Crippen LogP contribution >= 0.6 is 24.0 Å². The van der Waals surface area contributed by atoms with Gasteiger partial charge in [-0.15, -0.1) is 24.0 Å². The standard InChI is InChI=1S/C24H32N4O4.HI/c1-30-20-8-6-19(7-9-20)18-26-24(25-11-10-21-4-2-16-31-21)28-14-12-27(13-15-28)23(29)22-5-3-17-32-22;/h2,4,6-9,16,22H,3,5,10-15,17-18H2,1H3,(H,25,26);1H. The van der Waals surface area contributed by atoms with E-state index in [1.165, 1.54) is 0 Å². The van der Waals surface area contributed by atoms with Gasteiger partial charge in [0, 0.05) is 45.8 Å². The van der Waals surface area contributed by atoms with Gasteiger partial charge in [-0.25, -0.2) is 4.99 Å². The lowest BCUT2D eigenvalue weighted by Crippen LogP contribution is -2.55. The minimum Gasteiger partial charge on any atom is -0.497 e. The first-order valence-corrected chi connectivity index (χ1v) is 11.3. The van der Waals surface area contributed by atoms with Gasteiger partial charge in [-0.3, -0.25) is 4.79 Å². The number of carbonyl (C=O) groups is 1. The van der Waals surface area contributed by atoms with E-state index >= 15 is 0 Å². The Morgan fingerprint density at radius 3 is 2.55 bits per heavy atom. The SMILES string of the molecule is COc1ccc(CN=C(NCCc2ccco2)N2CCN(C(=O)C3CCCO3)CC2)cc1.I. The second-order valence-corrected chi connectivity index (χ2v) is 8.06. The lowest BCUT2D eigenvalue weighted by Gasteiger charge is -2.37. The van der Waals surface area contributed by atoms with Crippen LogP contribution in [0.3, 0.4) is 0 Å². The molecule has 0 bridgehead atoms. The lowest BCUT2D eigenvalue weighted by molar-refractivity contribution is -0.142. The van der Waals surface area contributed by atoms with Crippen LogP contribution in [0.25, 0.3) is 0 Å². The predicted octanol–water partition coefficient (Wildman–Crippen LogP) is 2.92. The summed E-state index contributed by atoms with van der Waals surface area (Å²) in [5, 5.41) is 3.48. The van der Waals surface area contributed by atoms with Crippen molar-refractivity contribution in [2.75, 3.05) is 46.4 Å². The van der Waals surface area contributed by atoms with Crippen molar-refractivity contribution in [1.82, 2.24) is 15.1 Å². The van der Waals surface area contributed by atoms with Gasteiger partial charge < -0.3 is 29.0 Å². The molecule has 2 aliphatic heterocycles. The summed E-state index contributed by atoms with van der Waals surface area (Å²) in [6.07, 6.45) is 4.03. The number of carbonyl (C=O) groups excluding carboxylic acids is 1. The smallest absolute Gasteiger partial charge is 0.251 e. The Kier molecular flexibility index (Phi) is 9.86. The van der Waals surface area contributed by atoms with Crippen LogP contribution in [0.1, 0.15) is 24.2 Å². The summed E-state index contributed by atoms with van der Waals surface area (Å²) in [6.45, 7) is 4.84. The van der Waals surface area contributed by atoms with Crippen molar-refractivity contribution < 1.29 is 18.7 Å². The Bertz CT molecular complexity index is 874.